The van der Waals surface area contributed by atoms with Gasteiger partial charge in [0, 0.05) is 2.85 Å². The molecule has 60 heavy (non-hydrogen) atoms. The van der Waals surface area contributed by atoms with Gasteiger partial charge in [-0.3, -0.25) is 19.2 Å². The normalized spacial score (nSPS) is 18.6. The highest BCUT2D eigenvalue weighted by molar-refractivity contribution is 5.79. The van der Waals surface area contributed by atoms with Gasteiger partial charge in [-0.25, -0.2) is 0 Å². The van der Waals surface area contributed by atoms with Gasteiger partial charge >= 0.3 is 23.9 Å². The molecule has 0 N–H and O–H groups in total. The van der Waals surface area contributed by atoms with E-state index in [1.807, 2.05) is 97.1 Å². The number of ether oxygens (including phenoxy) is 4. The van der Waals surface area contributed by atoms with Crippen LogP contribution in [0.3, 0.4) is 0 Å². The van der Waals surface area contributed by atoms with Crippen molar-refractivity contribution in [3.63, 3.8) is 0 Å². The van der Waals surface area contributed by atoms with Crippen molar-refractivity contribution in [1.82, 2.24) is 0 Å². The van der Waals surface area contributed by atoms with Gasteiger partial charge in [-0.1, -0.05) is 89.1 Å². The number of aryl methyl sites for hydroxylation is 4. The Hall–Kier alpha value is -5.24. The Morgan fingerprint density at radius 3 is 0.800 bits per heavy atom. The van der Waals surface area contributed by atoms with Crippen molar-refractivity contribution in [2.24, 2.45) is 23.7 Å². The maximum Gasteiger partial charge on any atom is 0.314 e. The van der Waals surface area contributed by atoms with E-state index in [4.69, 9.17) is 18.9 Å². The average Bonchev–Trinajstić information content (AvgIpc) is 3.29. The van der Waals surface area contributed by atoms with Crippen LogP contribution in [0.15, 0.2) is 97.1 Å². The molecule has 4 aromatic rings. The highest BCUT2D eigenvalue weighted by Gasteiger charge is 2.33. The molecular weight excluding hydrogens is 753 g/mol. The van der Waals surface area contributed by atoms with Crippen LogP contribution in [-0.4, -0.2) is 23.9 Å². The minimum Gasteiger partial charge on any atom is -0.426 e. The van der Waals surface area contributed by atoms with Crippen LogP contribution in [0.4, 0.5) is 0 Å². The van der Waals surface area contributed by atoms with Crippen molar-refractivity contribution >= 4 is 23.9 Å². The minimum atomic E-state index is -0.203. The molecule has 0 bridgehead atoms. The van der Waals surface area contributed by atoms with Crippen LogP contribution in [-0.2, 0) is 44.9 Å². The third kappa shape index (κ3) is 14.5. The molecule has 0 heterocycles. The molecule has 0 unspecified atom stereocenters. The molecule has 2 aliphatic rings. The van der Waals surface area contributed by atoms with Crippen molar-refractivity contribution in [1.29, 1.82) is 0 Å². The quantitative estimate of drug-likeness (QED) is 0.0813. The van der Waals surface area contributed by atoms with Crippen LogP contribution in [0, 0.1) is 23.7 Å². The van der Waals surface area contributed by atoms with E-state index in [2.05, 4.69) is 27.7 Å². The van der Waals surface area contributed by atoms with Crippen molar-refractivity contribution in [2.75, 3.05) is 0 Å². The zero-order valence-corrected chi connectivity index (χ0v) is 36.1. The largest absolute Gasteiger partial charge is 0.426 e. The molecule has 0 radical (unpaired) electrons. The van der Waals surface area contributed by atoms with Gasteiger partial charge in [-0.15, -0.1) is 0 Å². The molecular formula is C52H68O8. The molecule has 0 aliphatic heterocycles. The summed E-state index contributed by atoms with van der Waals surface area (Å²) < 4.78 is 22.2. The topological polar surface area (TPSA) is 105 Å². The summed E-state index contributed by atoms with van der Waals surface area (Å²) in [5, 5.41) is 0. The molecule has 0 saturated heterocycles. The first-order valence-corrected chi connectivity index (χ1v) is 22.4. The molecule has 2 fully saturated rings. The van der Waals surface area contributed by atoms with Crippen LogP contribution >= 0.6 is 0 Å². The summed E-state index contributed by atoms with van der Waals surface area (Å²) in [6, 6.07) is 30.9. The second-order valence-corrected chi connectivity index (χ2v) is 16.3. The molecule has 324 valence electrons. The minimum absolute atomic E-state index is 0. The first-order chi connectivity index (χ1) is 29.2. The van der Waals surface area contributed by atoms with Gasteiger partial charge in [0.25, 0.3) is 0 Å². The number of carbonyl (C=O) groups is 4. The molecule has 2 aliphatic carbocycles. The third-order valence-electron chi connectivity index (χ3n) is 11.8. The summed E-state index contributed by atoms with van der Waals surface area (Å²) in [7, 11) is 0. The molecule has 8 nitrogen and oxygen atoms in total. The van der Waals surface area contributed by atoms with Crippen molar-refractivity contribution in [3.8, 4) is 23.0 Å². The van der Waals surface area contributed by atoms with E-state index in [-0.39, 0.29) is 50.4 Å². The molecule has 0 amide bonds. The summed E-state index contributed by atoms with van der Waals surface area (Å²) in [5.41, 5.74) is 4.95. The van der Waals surface area contributed by atoms with Gasteiger partial charge in [0.2, 0.25) is 0 Å². The molecule has 0 aromatic heterocycles. The average molecular weight is 821 g/mol. The lowest BCUT2D eigenvalue weighted by Gasteiger charge is -2.25. The number of esters is 4. The van der Waals surface area contributed by atoms with E-state index in [9.17, 15) is 19.2 Å². The number of benzene rings is 4. The Balaban J connectivity index is 0.000000323. The lowest BCUT2D eigenvalue weighted by molar-refractivity contribution is -0.145. The summed E-state index contributed by atoms with van der Waals surface area (Å²) in [5.74, 6) is 0.946. The fraction of sp³-hybridized carbons (Fsp3) is 0.462. The second-order valence-electron chi connectivity index (χ2n) is 16.3. The van der Waals surface area contributed by atoms with Crippen molar-refractivity contribution in [3.05, 3.63) is 119 Å². The molecule has 6 rings (SSSR count). The van der Waals surface area contributed by atoms with Crippen LogP contribution < -0.4 is 18.9 Å². The predicted octanol–water partition coefficient (Wildman–Crippen LogP) is 12.3. The SMILES string of the molecule is CCCCc1ccc(OC(=O)C2CCC(C(=O)Oc3ccc(CCCC)cc3)CC2)cc1.CCc1ccc(OC(=O)C2CCC(C(=O)Oc3ccc(CC)cc3)CC2)cc1.[HH].[HH]. The Kier molecular flexibility index (Phi) is 18.4. The van der Waals surface area contributed by atoms with E-state index >= 15 is 0 Å². The summed E-state index contributed by atoms with van der Waals surface area (Å²) in [6.45, 7) is 8.53. The maximum absolute atomic E-state index is 12.6. The molecule has 8 heteroatoms. The Bertz CT molecular complexity index is 1790. The smallest absolute Gasteiger partial charge is 0.314 e. The van der Waals surface area contributed by atoms with Gasteiger partial charge in [-0.2, -0.15) is 0 Å². The van der Waals surface area contributed by atoms with E-state index < -0.39 is 0 Å². The van der Waals surface area contributed by atoms with Crippen LogP contribution in [0.25, 0.3) is 0 Å². The zero-order chi connectivity index (χ0) is 42.7. The first-order valence-electron chi connectivity index (χ1n) is 22.4. The van der Waals surface area contributed by atoms with E-state index in [0.29, 0.717) is 74.4 Å². The van der Waals surface area contributed by atoms with Gasteiger partial charge < -0.3 is 18.9 Å². The van der Waals surface area contributed by atoms with Crippen LogP contribution in [0.5, 0.6) is 23.0 Å². The van der Waals surface area contributed by atoms with Crippen LogP contribution in [0.1, 0.15) is 130 Å². The summed E-state index contributed by atoms with van der Waals surface area (Å²) in [6.07, 6.45) is 13.9. The Morgan fingerprint density at radius 1 is 0.383 bits per heavy atom. The lowest BCUT2D eigenvalue weighted by atomic mass is 9.82. The number of carbonyl (C=O) groups excluding carboxylic acids is 4. The number of unbranched alkanes of at least 4 members (excludes halogenated alkanes) is 2. The second kappa shape index (κ2) is 24.1. The lowest BCUT2D eigenvalue weighted by Crippen LogP contribution is -2.30. The van der Waals surface area contributed by atoms with E-state index in [0.717, 1.165) is 51.4 Å². The fourth-order valence-corrected chi connectivity index (χ4v) is 7.72. The molecule has 4 aromatic carbocycles. The maximum atomic E-state index is 12.6. The van der Waals surface area contributed by atoms with Crippen LogP contribution in [0.2, 0.25) is 0 Å². The predicted molar refractivity (Wildman–Crippen MR) is 239 cm³/mol. The number of hydrogen-bond acceptors (Lipinski definition) is 8. The summed E-state index contributed by atoms with van der Waals surface area (Å²) >= 11 is 0. The Morgan fingerprint density at radius 2 is 0.600 bits per heavy atom. The molecule has 0 atom stereocenters. The molecule has 0 spiro atoms. The van der Waals surface area contributed by atoms with Crippen molar-refractivity contribution < 1.29 is 41.0 Å². The fourth-order valence-electron chi connectivity index (χ4n) is 7.72. The summed E-state index contributed by atoms with van der Waals surface area (Å²) in [4.78, 5) is 49.9. The first kappa shape index (κ1) is 45.8. The van der Waals surface area contributed by atoms with E-state index in [1.54, 1.807) is 0 Å². The number of hydrogen-bond donors (Lipinski definition) is 0. The zero-order valence-electron chi connectivity index (χ0n) is 36.1. The van der Waals surface area contributed by atoms with Gasteiger partial charge in [-0.05, 0) is 161 Å². The highest BCUT2D eigenvalue weighted by Crippen LogP contribution is 2.33. The van der Waals surface area contributed by atoms with Gasteiger partial charge in [0.15, 0.2) is 0 Å². The van der Waals surface area contributed by atoms with Gasteiger partial charge in [0.1, 0.15) is 23.0 Å². The monoisotopic (exact) mass is 820 g/mol. The third-order valence-corrected chi connectivity index (χ3v) is 11.8. The standard InChI is InChI=1S/C28H36O4.C24H28O4.2H2/c1-3-5-7-21-9-17-25(18-10-21)31-27(29)23-13-15-24(16-14-23)28(30)32-26-19-11-22(12-20-26)8-6-4-2;1-3-17-5-13-21(14-6-17)27-23(25)19-9-11-20(12-10-19)24(26)28-22-15-7-18(4-2)8-16-22;;/h9-12,17-20,23-24H,3-8,13-16H2,1-2H3;5-8,13-16,19-20H,3-4,9-12H2,1-2H3;2*1H. The van der Waals surface area contributed by atoms with Gasteiger partial charge in [0.05, 0.1) is 23.7 Å². The van der Waals surface area contributed by atoms with Crippen molar-refractivity contribution in [2.45, 2.75) is 130 Å². The number of rotatable bonds is 16. The molecule has 2 saturated carbocycles. The Labute approximate surface area is 360 Å². The highest BCUT2D eigenvalue weighted by atomic mass is 16.5. The van der Waals surface area contributed by atoms with E-state index in [1.165, 1.54) is 22.3 Å².